The molecule has 3 fully saturated rings. The molecule has 0 unspecified atom stereocenters. The number of ether oxygens (including phenoxy) is 3. The lowest BCUT2D eigenvalue weighted by Gasteiger charge is -2.29. The van der Waals surface area contributed by atoms with Gasteiger partial charge in [0.05, 0.1) is 39.0 Å². The lowest BCUT2D eigenvalue weighted by Crippen LogP contribution is -2.42. The molecule has 3 aliphatic rings. The molecular weight excluding hydrogens is 627 g/mol. The largest absolute Gasteiger partial charge is 0.508 e. The van der Waals surface area contributed by atoms with E-state index < -0.39 is 23.4 Å². The Kier molecular flexibility index (Phi) is 8.22. The van der Waals surface area contributed by atoms with Gasteiger partial charge in [-0.05, 0) is 49.8 Å². The standard InChI is InChI=1S/C35H36F3N5O5/c1-4-23-25(37)6-5-20-13-22(44)14-24(26(20)23)29-28(38)30-27(32(39-29)46-3)31(43-11-12-47-18-34(2,45)16-43)41-33(40-30)48-19-35(8-9-35)17-42-10-7-21(36)15-42/h1,5-6,13-14,21,44-45H,7-12,15-19H2,2-3H3/t21-,34+/m1/s1. The van der Waals surface area contributed by atoms with E-state index in [9.17, 15) is 19.0 Å². The predicted octanol–water partition coefficient (Wildman–Crippen LogP) is 4.61. The maximum Gasteiger partial charge on any atom is 0.319 e. The van der Waals surface area contributed by atoms with Crippen molar-refractivity contribution in [1.29, 1.82) is 0 Å². The third-order valence-corrected chi connectivity index (χ3v) is 9.34. The SMILES string of the molecule is C#Cc1c(F)ccc2cc(O)cc(-c3nc(OC)c4c(N5CCOC[C@@](C)(O)C5)nc(OCC5(CN6CC[C@@H](F)C6)CC5)nc4c3F)c12. The Morgan fingerprint density at radius 2 is 1.96 bits per heavy atom. The smallest absolute Gasteiger partial charge is 0.319 e. The van der Waals surface area contributed by atoms with E-state index in [4.69, 9.17) is 25.6 Å². The van der Waals surface area contributed by atoms with E-state index >= 15 is 4.39 Å². The van der Waals surface area contributed by atoms with Crippen LogP contribution in [0.3, 0.4) is 0 Å². The Labute approximate surface area is 275 Å². The minimum absolute atomic E-state index is 0.0394. The zero-order valence-electron chi connectivity index (χ0n) is 26.7. The number of phenolic OH excluding ortho intramolecular Hbond substituents is 1. The van der Waals surface area contributed by atoms with E-state index in [2.05, 4.69) is 20.8 Å². The second-order valence-electron chi connectivity index (χ2n) is 13.4. The summed E-state index contributed by atoms with van der Waals surface area (Å²) in [5, 5.41) is 22.3. The van der Waals surface area contributed by atoms with Gasteiger partial charge in [0.25, 0.3) is 0 Å². The number of fused-ring (bicyclic) bond motifs is 2. The number of alkyl halides is 1. The molecule has 13 heteroatoms. The maximum atomic E-state index is 17.0. The number of halogens is 3. The minimum atomic E-state index is -1.26. The topological polar surface area (TPSA) is 113 Å². The van der Waals surface area contributed by atoms with Gasteiger partial charge in [-0.3, -0.25) is 4.90 Å². The van der Waals surface area contributed by atoms with Crippen LogP contribution in [0.2, 0.25) is 0 Å². The Hall–Kier alpha value is -4.38. The van der Waals surface area contributed by atoms with Crippen molar-refractivity contribution in [3.05, 3.63) is 41.5 Å². The Balaban J connectivity index is 1.39. The van der Waals surface area contributed by atoms with Gasteiger partial charge in [-0.15, -0.1) is 6.42 Å². The van der Waals surface area contributed by atoms with Gasteiger partial charge in [0, 0.05) is 42.5 Å². The van der Waals surface area contributed by atoms with Gasteiger partial charge in [-0.1, -0.05) is 12.0 Å². The number of aromatic hydroxyl groups is 1. The zero-order chi connectivity index (χ0) is 33.8. The zero-order valence-corrected chi connectivity index (χ0v) is 26.7. The third kappa shape index (κ3) is 6.04. The Morgan fingerprint density at radius 3 is 2.67 bits per heavy atom. The molecule has 4 aromatic rings. The van der Waals surface area contributed by atoms with E-state index in [0.29, 0.717) is 38.0 Å². The summed E-state index contributed by atoms with van der Waals surface area (Å²) in [6.45, 7) is 4.37. The average Bonchev–Trinajstić information content (AvgIpc) is 3.75. The normalized spacial score (nSPS) is 22.5. The van der Waals surface area contributed by atoms with Crippen molar-refractivity contribution < 1.29 is 37.6 Å². The number of anilines is 1. The number of β-amino-alcohol motifs (C(OH)–C–C–N with tert-alkyl or cyclic N) is 1. The van der Waals surface area contributed by atoms with Crippen LogP contribution in [-0.2, 0) is 4.74 Å². The van der Waals surface area contributed by atoms with Gasteiger partial charge in [0.1, 0.15) is 45.8 Å². The molecule has 4 heterocycles. The van der Waals surface area contributed by atoms with Gasteiger partial charge in [0.15, 0.2) is 5.82 Å². The van der Waals surface area contributed by atoms with Crippen molar-refractivity contribution in [2.24, 2.45) is 5.41 Å². The van der Waals surface area contributed by atoms with Crippen molar-refractivity contribution in [2.45, 2.75) is 38.0 Å². The quantitative estimate of drug-likeness (QED) is 0.259. The summed E-state index contributed by atoms with van der Waals surface area (Å²) in [4.78, 5) is 17.6. The number of likely N-dealkylation sites (tertiary alicyclic amines) is 1. The van der Waals surface area contributed by atoms with Crippen LogP contribution in [0.4, 0.5) is 19.0 Å². The maximum absolute atomic E-state index is 17.0. The second kappa shape index (κ2) is 12.3. The number of aromatic nitrogens is 3. The highest BCUT2D eigenvalue weighted by molar-refractivity contribution is 6.04. The van der Waals surface area contributed by atoms with Gasteiger partial charge >= 0.3 is 6.01 Å². The number of pyridine rings is 1. The van der Waals surface area contributed by atoms with Crippen molar-refractivity contribution in [3.63, 3.8) is 0 Å². The molecule has 252 valence electrons. The molecule has 0 bridgehead atoms. The molecule has 0 spiro atoms. The minimum Gasteiger partial charge on any atom is -0.508 e. The van der Waals surface area contributed by atoms with Crippen LogP contribution in [0.1, 0.15) is 31.7 Å². The van der Waals surface area contributed by atoms with Crippen molar-refractivity contribution in [2.75, 3.05) is 64.6 Å². The van der Waals surface area contributed by atoms with E-state index in [1.807, 2.05) is 0 Å². The van der Waals surface area contributed by atoms with E-state index in [0.717, 1.165) is 12.8 Å². The fourth-order valence-corrected chi connectivity index (χ4v) is 6.80. The molecule has 2 saturated heterocycles. The average molecular weight is 664 g/mol. The summed E-state index contributed by atoms with van der Waals surface area (Å²) in [5.74, 6) is 0.718. The number of terminal acetylenes is 1. The molecule has 2 aliphatic heterocycles. The highest BCUT2D eigenvalue weighted by atomic mass is 19.1. The predicted molar refractivity (Wildman–Crippen MR) is 173 cm³/mol. The van der Waals surface area contributed by atoms with Crippen molar-refractivity contribution in [3.8, 4) is 41.2 Å². The van der Waals surface area contributed by atoms with E-state index in [1.165, 1.54) is 31.4 Å². The summed E-state index contributed by atoms with van der Waals surface area (Å²) in [5.41, 5.74) is -2.00. The molecule has 10 nitrogen and oxygen atoms in total. The molecule has 2 aromatic carbocycles. The monoisotopic (exact) mass is 663 g/mol. The Bertz CT molecular complexity index is 1950. The first-order valence-electron chi connectivity index (χ1n) is 15.9. The molecule has 0 radical (unpaired) electrons. The molecule has 7 rings (SSSR count). The summed E-state index contributed by atoms with van der Waals surface area (Å²) in [7, 11) is 1.36. The highest BCUT2D eigenvalue weighted by Crippen LogP contribution is 2.47. The number of methoxy groups -OCH3 is 1. The molecule has 1 saturated carbocycles. The first-order chi connectivity index (χ1) is 23.0. The summed E-state index contributed by atoms with van der Waals surface area (Å²) in [6.07, 6.45) is 7.15. The fourth-order valence-electron chi connectivity index (χ4n) is 6.80. The van der Waals surface area contributed by atoms with Gasteiger partial charge in [-0.2, -0.15) is 9.97 Å². The molecular formula is C35H36F3N5O5. The van der Waals surface area contributed by atoms with Gasteiger partial charge < -0.3 is 29.3 Å². The number of rotatable bonds is 8. The number of hydrogen-bond donors (Lipinski definition) is 2. The number of aliphatic hydroxyl groups is 1. The van der Waals surface area contributed by atoms with Crippen LogP contribution < -0.4 is 14.4 Å². The van der Waals surface area contributed by atoms with Crippen LogP contribution in [-0.4, -0.2) is 101 Å². The number of phenols is 1. The van der Waals surface area contributed by atoms with Crippen molar-refractivity contribution >= 4 is 27.5 Å². The van der Waals surface area contributed by atoms with Crippen LogP contribution in [0.25, 0.3) is 32.9 Å². The third-order valence-electron chi connectivity index (χ3n) is 9.34. The first kappa shape index (κ1) is 32.2. The van der Waals surface area contributed by atoms with Crippen LogP contribution in [0, 0.1) is 29.4 Å². The molecule has 2 aromatic heterocycles. The van der Waals surface area contributed by atoms with Crippen LogP contribution >= 0.6 is 0 Å². The molecule has 1 aliphatic carbocycles. The Morgan fingerprint density at radius 1 is 1.15 bits per heavy atom. The lowest BCUT2D eigenvalue weighted by atomic mass is 9.95. The highest BCUT2D eigenvalue weighted by Gasteiger charge is 2.46. The van der Waals surface area contributed by atoms with Crippen molar-refractivity contribution in [1.82, 2.24) is 19.9 Å². The number of hydrogen-bond acceptors (Lipinski definition) is 10. The summed E-state index contributed by atoms with van der Waals surface area (Å²) >= 11 is 0. The first-order valence-corrected chi connectivity index (χ1v) is 15.9. The molecule has 0 amide bonds. The van der Waals surface area contributed by atoms with Gasteiger partial charge in [-0.25, -0.2) is 18.2 Å². The van der Waals surface area contributed by atoms with Crippen LogP contribution in [0.15, 0.2) is 24.3 Å². The molecule has 48 heavy (non-hydrogen) atoms. The lowest BCUT2D eigenvalue weighted by molar-refractivity contribution is -0.0123. The molecule has 2 atom stereocenters. The summed E-state index contributed by atoms with van der Waals surface area (Å²) in [6, 6.07) is 5.18. The summed E-state index contributed by atoms with van der Waals surface area (Å²) < 4.78 is 63.3. The molecule has 2 N–H and O–H groups in total. The van der Waals surface area contributed by atoms with E-state index in [1.54, 1.807) is 11.8 Å². The van der Waals surface area contributed by atoms with E-state index in [-0.39, 0.29) is 88.3 Å². The van der Waals surface area contributed by atoms with Gasteiger partial charge in [0.2, 0.25) is 5.88 Å². The second-order valence-corrected chi connectivity index (χ2v) is 13.4. The number of nitrogens with zero attached hydrogens (tertiary/aromatic N) is 5. The fraction of sp³-hybridized carbons (Fsp3) is 0.457. The number of benzene rings is 2. The van der Waals surface area contributed by atoms with Crippen LogP contribution in [0.5, 0.6) is 17.6 Å².